The molecule has 2 aromatic carbocycles. The molecule has 29 heavy (non-hydrogen) atoms. The number of aryl methyl sites for hydroxylation is 1. The molecular weight excluding hydrogens is 384 g/mol. The summed E-state index contributed by atoms with van der Waals surface area (Å²) in [6, 6.07) is 15.4. The zero-order chi connectivity index (χ0) is 20.6. The molecule has 0 saturated heterocycles. The molecule has 150 valence electrons. The summed E-state index contributed by atoms with van der Waals surface area (Å²) in [6.07, 6.45) is 2.50. The van der Waals surface area contributed by atoms with Crippen LogP contribution in [-0.4, -0.2) is 24.1 Å². The summed E-state index contributed by atoms with van der Waals surface area (Å²) in [5, 5.41) is 3.38. The fourth-order valence-corrected chi connectivity index (χ4v) is 3.71. The van der Waals surface area contributed by atoms with Gasteiger partial charge in [0.15, 0.2) is 11.7 Å². The molecule has 5 nitrogen and oxygen atoms in total. The number of anilines is 1. The number of amides is 1. The van der Waals surface area contributed by atoms with Crippen LogP contribution in [-0.2, 0) is 11.2 Å². The molecule has 0 aliphatic rings. The van der Waals surface area contributed by atoms with Crippen LogP contribution < -0.4 is 14.8 Å². The average Bonchev–Trinajstić information content (AvgIpc) is 3.08. The fourth-order valence-electron chi connectivity index (χ4n) is 2.86. The van der Waals surface area contributed by atoms with E-state index < -0.39 is 0 Å². The Kier molecular flexibility index (Phi) is 7.03. The van der Waals surface area contributed by atoms with Gasteiger partial charge in [0.1, 0.15) is 11.5 Å². The number of nitrogens with one attached hydrogen (secondary N) is 1. The predicted molar refractivity (Wildman–Crippen MR) is 118 cm³/mol. The molecule has 0 fully saturated rings. The van der Waals surface area contributed by atoms with Gasteiger partial charge >= 0.3 is 0 Å². The first-order valence-corrected chi connectivity index (χ1v) is 10.2. The van der Waals surface area contributed by atoms with Crippen molar-refractivity contribution < 1.29 is 14.3 Å². The van der Waals surface area contributed by atoms with Crippen molar-refractivity contribution in [3.63, 3.8) is 0 Å². The van der Waals surface area contributed by atoms with Crippen LogP contribution in [0.1, 0.15) is 17.4 Å². The van der Waals surface area contributed by atoms with E-state index in [-0.39, 0.29) is 12.5 Å². The highest BCUT2D eigenvalue weighted by Crippen LogP contribution is 2.31. The Morgan fingerprint density at radius 1 is 1.17 bits per heavy atom. The Balaban J connectivity index is 1.63. The molecule has 0 unspecified atom stereocenters. The minimum Gasteiger partial charge on any atom is -0.494 e. The smallest absolute Gasteiger partial charge is 0.264 e. The lowest BCUT2D eigenvalue weighted by atomic mass is 10.1. The summed E-state index contributed by atoms with van der Waals surface area (Å²) in [4.78, 5) is 17.9. The summed E-state index contributed by atoms with van der Waals surface area (Å²) in [7, 11) is 0. The number of carbonyl (C=O) groups is 1. The molecule has 1 heterocycles. The van der Waals surface area contributed by atoms with Gasteiger partial charge in [-0.3, -0.25) is 10.1 Å². The number of carbonyl (C=O) groups excluding carboxylic acids is 1. The normalized spacial score (nSPS) is 10.4. The van der Waals surface area contributed by atoms with Gasteiger partial charge in [0, 0.05) is 10.4 Å². The van der Waals surface area contributed by atoms with Crippen LogP contribution >= 0.6 is 11.3 Å². The van der Waals surface area contributed by atoms with Gasteiger partial charge in [-0.15, -0.1) is 17.9 Å². The largest absolute Gasteiger partial charge is 0.494 e. The van der Waals surface area contributed by atoms with Crippen LogP contribution in [0.2, 0.25) is 0 Å². The second-order valence-corrected chi connectivity index (χ2v) is 7.52. The van der Waals surface area contributed by atoms with Gasteiger partial charge in [-0.25, -0.2) is 4.98 Å². The molecular formula is C23H24N2O3S. The van der Waals surface area contributed by atoms with Crippen molar-refractivity contribution in [1.29, 1.82) is 0 Å². The van der Waals surface area contributed by atoms with Crippen molar-refractivity contribution in [2.24, 2.45) is 0 Å². The highest BCUT2D eigenvalue weighted by atomic mass is 32.1. The maximum absolute atomic E-state index is 12.3. The standard InChI is InChI=1S/C23H24N2O3S/c1-4-8-17-9-6-7-10-20(17)28-15-21(26)24-23-25-22(16(3)29-23)18-11-13-19(14-12-18)27-5-2/h4,6-7,9-14H,1,5,8,15H2,2-3H3,(H,24,25,26). The maximum atomic E-state index is 12.3. The van der Waals surface area contributed by atoms with Crippen LogP contribution in [0, 0.1) is 6.92 Å². The lowest BCUT2D eigenvalue weighted by Gasteiger charge is -2.09. The van der Waals surface area contributed by atoms with Crippen molar-refractivity contribution in [2.75, 3.05) is 18.5 Å². The molecule has 0 spiro atoms. The second kappa shape index (κ2) is 9.89. The van der Waals surface area contributed by atoms with E-state index in [1.54, 1.807) is 0 Å². The minimum absolute atomic E-state index is 0.0782. The van der Waals surface area contributed by atoms with Crippen LogP contribution in [0.5, 0.6) is 11.5 Å². The van der Waals surface area contributed by atoms with Crippen molar-refractivity contribution in [2.45, 2.75) is 20.3 Å². The van der Waals surface area contributed by atoms with E-state index in [0.29, 0.717) is 23.9 Å². The predicted octanol–water partition coefficient (Wildman–Crippen LogP) is 5.26. The Bertz CT molecular complexity index is 980. The number of para-hydroxylation sites is 1. The number of allylic oxidation sites excluding steroid dienone is 1. The number of nitrogens with zero attached hydrogens (tertiary/aromatic N) is 1. The van der Waals surface area contributed by atoms with E-state index in [0.717, 1.165) is 27.4 Å². The minimum atomic E-state index is -0.245. The van der Waals surface area contributed by atoms with Gasteiger partial charge in [-0.05, 0) is 56.2 Å². The summed E-state index contributed by atoms with van der Waals surface area (Å²) < 4.78 is 11.2. The Morgan fingerprint density at radius 2 is 1.93 bits per heavy atom. The fraction of sp³-hybridized carbons (Fsp3) is 0.217. The SMILES string of the molecule is C=CCc1ccccc1OCC(=O)Nc1nc(-c2ccc(OCC)cc2)c(C)s1. The molecule has 3 rings (SSSR count). The van der Waals surface area contributed by atoms with Crippen molar-refractivity contribution in [3.05, 3.63) is 71.6 Å². The molecule has 6 heteroatoms. The lowest BCUT2D eigenvalue weighted by molar-refractivity contribution is -0.118. The molecule has 0 bridgehead atoms. The first-order chi connectivity index (χ1) is 14.1. The van der Waals surface area contributed by atoms with Gasteiger partial charge in [0.25, 0.3) is 5.91 Å². The molecule has 1 N–H and O–H groups in total. The van der Waals surface area contributed by atoms with E-state index in [9.17, 15) is 4.79 Å². The average molecular weight is 409 g/mol. The van der Waals surface area contributed by atoms with E-state index in [2.05, 4.69) is 16.9 Å². The Labute approximate surface area is 175 Å². The number of thiazole rings is 1. The summed E-state index contributed by atoms with van der Waals surface area (Å²) in [5.74, 6) is 1.27. The van der Waals surface area contributed by atoms with Gasteiger partial charge in [-0.2, -0.15) is 0 Å². The highest BCUT2D eigenvalue weighted by molar-refractivity contribution is 7.16. The van der Waals surface area contributed by atoms with Crippen LogP contribution in [0.15, 0.2) is 61.2 Å². The summed E-state index contributed by atoms with van der Waals surface area (Å²) in [5.41, 5.74) is 2.83. The highest BCUT2D eigenvalue weighted by Gasteiger charge is 2.13. The zero-order valence-corrected chi connectivity index (χ0v) is 17.4. The number of ether oxygens (including phenoxy) is 2. The first-order valence-electron chi connectivity index (χ1n) is 9.42. The van der Waals surface area contributed by atoms with Crippen LogP contribution in [0.4, 0.5) is 5.13 Å². The maximum Gasteiger partial charge on any atom is 0.264 e. The number of hydrogen-bond acceptors (Lipinski definition) is 5. The van der Waals surface area contributed by atoms with Crippen LogP contribution in [0.3, 0.4) is 0 Å². The van der Waals surface area contributed by atoms with E-state index >= 15 is 0 Å². The van der Waals surface area contributed by atoms with Crippen molar-refractivity contribution in [1.82, 2.24) is 4.98 Å². The molecule has 0 atom stereocenters. The lowest BCUT2D eigenvalue weighted by Crippen LogP contribution is -2.20. The third-order valence-electron chi connectivity index (χ3n) is 4.18. The topological polar surface area (TPSA) is 60.5 Å². The van der Waals surface area contributed by atoms with E-state index in [1.165, 1.54) is 11.3 Å². The Hall–Kier alpha value is -3.12. The van der Waals surface area contributed by atoms with Gasteiger partial charge in [0.2, 0.25) is 0 Å². The first kappa shape index (κ1) is 20.6. The van der Waals surface area contributed by atoms with Gasteiger partial charge in [0.05, 0.1) is 12.3 Å². The second-order valence-electron chi connectivity index (χ2n) is 6.32. The number of benzene rings is 2. The monoisotopic (exact) mass is 408 g/mol. The van der Waals surface area contributed by atoms with Gasteiger partial charge in [-0.1, -0.05) is 24.3 Å². The molecule has 3 aromatic rings. The number of hydrogen-bond donors (Lipinski definition) is 1. The quantitative estimate of drug-likeness (QED) is 0.491. The molecule has 0 aliphatic carbocycles. The molecule has 1 aromatic heterocycles. The van der Waals surface area contributed by atoms with E-state index in [4.69, 9.17) is 9.47 Å². The third kappa shape index (κ3) is 5.45. The Morgan fingerprint density at radius 3 is 2.66 bits per heavy atom. The third-order valence-corrected chi connectivity index (χ3v) is 5.06. The molecule has 1 amide bonds. The summed E-state index contributed by atoms with van der Waals surface area (Å²) in [6.45, 7) is 8.24. The van der Waals surface area contributed by atoms with Crippen molar-refractivity contribution >= 4 is 22.4 Å². The number of rotatable bonds is 9. The van der Waals surface area contributed by atoms with Gasteiger partial charge < -0.3 is 9.47 Å². The summed E-state index contributed by atoms with van der Waals surface area (Å²) >= 11 is 1.44. The zero-order valence-electron chi connectivity index (χ0n) is 16.6. The van der Waals surface area contributed by atoms with E-state index in [1.807, 2.05) is 68.5 Å². The number of aromatic nitrogens is 1. The molecule has 0 radical (unpaired) electrons. The molecule has 0 aliphatic heterocycles. The van der Waals surface area contributed by atoms with Crippen LogP contribution in [0.25, 0.3) is 11.3 Å². The molecule has 0 saturated carbocycles. The van der Waals surface area contributed by atoms with Crippen molar-refractivity contribution in [3.8, 4) is 22.8 Å².